The van der Waals surface area contributed by atoms with Gasteiger partial charge in [-0.25, -0.2) is 9.37 Å². The van der Waals surface area contributed by atoms with E-state index < -0.39 is 0 Å². The molecule has 32 heavy (non-hydrogen) atoms. The van der Waals surface area contributed by atoms with Crippen LogP contribution in [-0.2, 0) is 29.0 Å². The lowest BCUT2D eigenvalue weighted by molar-refractivity contribution is -0.132. The lowest BCUT2D eigenvalue weighted by Crippen LogP contribution is -2.36. The van der Waals surface area contributed by atoms with Gasteiger partial charge in [0, 0.05) is 44.5 Å². The summed E-state index contributed by atoms with van der Waals surface area (Å²) in [4.78, 5) is 30.6. The molecule has 0 aliphatic carbocycles. The van der Waals surface area contributed by atoms with Gasteiger partial charge in [-0.3, -0.25) is 9.59 Å². The Balaban J connectivity index is 1.14. The van der Waals surface area contributed by atoms with E-state index in [1.807, 2.05) is 17.0 Å². The van der Waals surface area contributed by atoms with E-state index in [0.717, 1.165) is 18.5 Å². The lowest BCUT2D eigenvalue weighted by Gasteiger charge is -2.29. The van der Waals surface area contributed by atoms with Crippen LogP contribution in [0.2, 0.25) is 0 Å². The van der Waals surface area contributed by atoms with E-state index in [9.17, 15) is 14.0 Å². The fourth-order valence-electron chi connectivity index (χ4n) is 3.82. The first-order chi connectivity index (χ1) is 15.6. The summed E-state index contributed by atoms with van der Waals surface area (Å²) in [6, 6.07) is 14.2. The molecule has 3 aromatic rings. The number of halogens is 1. The molecule has 2 heterocycles. The van der Waals surface area contributed by atoms with Crippen LogP contribution in [-0.4, -0.2) is 34.8 Å². The minimum absolute atomic E-state index is 0.106. The van der Waals surface area contributed by atoms with Crippen LogP contribution < -0.4 is 5.32 Å². The van der Waals surface area contributed by atoms with Crippen molar-refractivity contribution in [2.75, 3.05) is 13.1 Å². The van der Waals surface area contributed by atoms with Crippen LogP contribution in [0.3, 0.4) is 0 Å². The number of nitrogens with one attached hydrogen (secondary N) is 1. The number of aryl methyl sites for hydroxylation is 1. The molecule has 7 heteroatoms. The lowest BCUT2D eigenvalue weighted by atomic mass is 9.99. The van der Waals surface area contributed by atoms with Crippen LogP contribution in [0.5, 0.6) is 0 Å². The standard InChI is InChI=1S/C25H26FN3O3/c26-21-9-7-19(8-10-21)22-16-28-24(32-22)12-11-23(30)27-14-3-6-25(31)29-15-13-18-4-1-2-5-20(18)17-29/h1-2,4-5,7-10,16H,3,6,11-15,17H2,(H,27,30). The molecule has 1 aliphatic heterocycles. The zero-order valence-corrected chi connectivity index (χ0v) is 17.9. The average Bonchev–Trinajstić information content (AvgIpc) is 3.29. The molecule has 0 saturated heterocycles. The van der Waals surface area contributed by atoms with E-state index >= 15 is 0 Å². The molecule has 6 nitrogen and oxygen atoms in total. The Morgan fingerprint density at radius 2 is 1.84 bits per heavy atom. The molecule has 4 rings (SSSR count). The topological polar surface area (TPSA) is 75.4 Å². The van der Waals surface area contributed by atoms with Crippen molar-refractivity contribution in [1.82, 2.24) is 15.2 Å². The summed E-state index contributed by atoms with van der Waals surface area (Å²) in [5.74, 6) is 0.708. The Bertz CT molecular complexity index is 1080. The second-order valence-electron chi connectivity index (χ2n) is 7.91. The molecular weight excluding hydrogens is 409 g/mol. The predicted octanol–water partition coefficient (Wildman–Crippen LogP) is 3.89. The van der Waals surface area contributed by atoms with E-state index in [4.69, 9.17) is 4.42 Å². The highest BCUT2D eigenvalue weighted by molar-refractivity contribution is 5.77. The van der Waals surface area contributed by atoms with Crippen LogP contribution in [0.1, 0.15) is 36.3 Å². The van der Waals surface area contributed by atoms with Crippen molar-refractivity contribution in [2.24, 2.45) is 0 Å². The third-order valence-corrected chi connectivity index (χ3v) is 5.62. The molecule has 0 radical (unpaired) electrons. The number of carbonyl (C=O) groups is 2. The normalized spacial score (nSPS) is 13.0. The van der Waals surface area contributed by atoms with Crippen LogP contribution in [0.25, 0.3) is 11.3 Å². The SMILES string of the molecule is O=C(CCc1ncc(-c2ccc(F)cc2)o1)NCCCC(=O)N1CCc2ccccc2C1. The van der Waals surface area contributed by atoms with Gasteiger partial charge in [-0.05, 0) is 48.2 Å². The summed E-state index contributed by atoms with van der Waals surface area (Å²) in [7, 11) is 0. The molecule has 1 aliphatic rings. The largest absolute Gasteiger partial charge is 0.441 e. The van der Waals surface area contributed by atoms with E-state index in [1.54, 1.807) is 18.3 Å². The zero-order chi connectivity index (χ0) is 22.3. The Kier molecular flexibility index (Phi) is 6.94. The third-order valence-electron chi connectivity index (χ3n) is 5.62. The minimum Gasteiger partial charge on any atom is -0.441 e. The van der Waals surface area contributed by atoms with Gasteiger partial charge in [0.15, 0.2) is 11.7 Å². The van der Waals surface area contributed by atoms with Crippen LogP contribution >= 0.6 is 0 Å². The molecule has 2 amide bonds. The molecule has 0 spiro atoms. The van der Waals surface area contributed by atoms with Crippen molar-refractivity contribution in [3.63, 3.8) is 0 Å². The summed E-state index contributed by atoms with van der Waals surface area (Å²) in [6.07, 6.45) is 4.12. The second-order valence-corrected chi connectivity index (χ2v) is 7.91. The van der Waals surface area contributed by atoms with Gasteiger partial charge in [0.25, 0.3) is 0 Å². The number of rotatable bonds is 8. The Labute approximate surface area is 186 Å². The Hall–Kier alpha value is -3.48. The minimum atomic E-state index is -0.312. The van der Waals surface area contributed by atoms with Gasteiger partial charge in [0.1, 0.15) is 5.82 Å². The molecule has 1 N–H and O–H groups in total. The highest BCUT2D eigenvalue weighted by Gasteiger charge is 2.19. The van der Waals surface area contributed by atoms with Gasteiger partial charge >= 0.3 is 0 Å². The number of nitrogens with zero attached hydrogens (tertiary/aromatic N) is 2. The summed E-state index contributed by atoms with van der Waals surface area (Å²) in [5, 5.41) is 2.85. The number of oxazole rings is 1. The van der Waals surface area contributed by atoms with Gasteiger partial charge < -0.3 is 14.6 Å². The number of amides is 2. The van der Waals surface area contributed by atoms with E-state index in [2.05, 4.69) is 22.4 Å². The fourth-order valence-corrected chi connectivity index (χ4v) is 3.82. The first-order valence-electron chi connectivity index (χ1n) is 10.9. The van der Waals surface area contributed by atoms with E-state index in [0.29, 0.717) is 44.0 Å². The van der Waals surface area contributed by atoms with Crippen molar-refractivity contribution in [2.45, 2.75) is 38.6 Å². The first-order valence-corrected chi connectivity index (χ1v) is 10.9. The maximum atomic E-state index is 13.0. The summed E-state index contributed by atoms with van der Waals surface area (Å²) in [5.41, 5.74) is 3.27. The molecule has 2 aromatic carbocycles. The van der Waals surface area contributed by atoms with Gasteiger partial charge in [-0.1, -0.05) is 24.3 Å². The second kappa shape index (κ2) is 10.2. The molecule has 1 aromatic heterocycles. The number of fused-ring (bicyclic) bond motifs is 1. The van der Waals surface area contributed by atoms with Gasteiger partial charge in [0.05, 0.1) is 6.20 Å². The molecule has 0 unspecified atom stereocenters. The summed E-state index contributed by atoms with van der Waals surface area (Å²) >= 11 is 0. The molecule has 0 atom stereocenters. The fraction of sp³-hybridized carbons (Fsp3) is 0.320. The first kappa shape index (κ1) is 21.7. The zero-order valence-electron chi connectivity index (χ0n) is 17.9. The van der Waals surface area contributed by atoms with Crippen LogP contribution in [0.15, 0.2) is 59.1 Å². The van der Waals surface area contributed by atoms with Crippen molar-refractivity contribution < 1.29 is 18.4 Å². The molecule has 0 saturated carbocycles. The van der Waals surface area contributed by atoms with Gasteiger partial charge in [-0.15, -0.1) is 0 Å². The maximum Gasteiger partial charge on any atom is 0.222 e. The molecule has 166 valence electrons. The molecule has 0 fully saturated rings. The predicted molar refractivity (Wildman–Crippen MR) is 118 cm³/mol. The number of hydrogen-bond acceptors (Lipinski definition) is 4. The average molecular weight is 435 g/mol. The summed E-state index contributed by atoms with van der Waals surface area (Å²) < 4.78 is 18.7. The monoisotopic (exact) mass is 435 g/mol. The highest BCUT2D eigenvalue weighted by atomic mass is 19.1. The third kappa shape index (κ3) is 5.60. The maximum absolute atomic E-state index is 13.0. The number of aromatic nitrogens is 1. The number of benzene rings is 2. The van der Waals surface area contributed by atoms with Gasteiger partial charge in [0.2, 0.25) is 11.8 Å². The van der Waals surface area contributed by atoms with Gasteiger partial charge in [-0.2, -0.15) is 0 Å². The smallest absolute Gasteiger partial charge is 0.222 e. The van der Waals surface area contributed by atoms with Crippen LogP contribution in [0.4, 0.5) is 4.39 Å². The highest BCUT2D eigenvalue weighted by Crippen LogP contribution is 2.21. The van der Waals surface area contributed by atoms with Crippen molar-refractivity contribution in [3.05, 3.63) is 77.6 Å². The Morgan fingerprint density at radius 1 is 1.06 bits per heavy atom. The molecule has 0 bridgehead atoms. The summed E-state index contributed by atoms with van der Waals surface area (Å²) in [6.45, 7) is 1.87. The Morgan fingerprint density at radius 3 is 2.66 bits per heavy atom. The van der Waals surface area contributed by atoms with E-state index in [-0.39, 0.29) is 24.1 Å². The molecular formula is C25H26FN3O3. The number of carbonyl (C=O) groups excluding carboxylic acids is 2. The number of hydrogen-bond donors (Lipinski definition) is 1. The van der Waals surface area contributed by atoms with Crippen molar-refractivity contribution in [3.8, 4) is 11.3 Å². The van der Waals surface area contributed by atoms with E-state index in [1.165, 1.54) is 23.3 Å². The van der Waals surface area contributed by atoms with Crippen molar-refractivity contribution >= 4 is 11.8 Å². The van der Waals surface area contributed by atoms with Crippen LogP contribution in [0, 0.1) is 5.82 Å². The van der Waals surface area contributed by atoms with Crippen molar-refractivity contribution in [1.29, 1.82) is 0 Å². The quantitative estimate of drug-likeness (QED) is 0.545.